The number of rotatable bonds is 4. The number of nitrogens with one attached hydrogen (secondary N) is 1. The van der Waals surface area contributed by atoms with Crippen molar-refractivity contribution < 1.29 is 0 Å². The van der Waals surface area contributed by atoms with Crippen molar-refractivity contribution in [1.29, 1.82) is 0 Å². The molecule has 0 heterocycles. The van der Waals surface area contributed by atoms with Crippen LogP contribution in [0.1, 0.15) is 27.2 Å². The monoisotopic (exact) mass is 323 g/mol. The fourth-order valence-corrected chi connectivity index (χ4v) is 2.21. The lowest BCUT2D eigenvalue weighted by atomic mass is 10.0. The van der Waals surface area contributed by atoms with Gasteiger partial charge in [0.1, 0.15) is 0 Å². The summed E-state index contributed by atoms with van der Waals surface area (Å²) in [5.74, 6) is 0.596. The Balaban J connectivity index is 2.86. The summed E-state index contributed by atoms with van der Waals surface area (Å²) < 4.78 is 0.820. The predicted octanol–water partition coefficient (Wildman–Crippen LogP) is 5.60. The molecule has 16 heavy (non-hydrogen) atoms. The van der Waals surface area contributed by atoms with Crippen molar-refractivity contribution in [1.82, 2.24) is 0 Å². The maximum atomic E-state index is 6.17. The number of hydrogen-bond acceptors (Lipinski definition) is 1. The molecule has 0 aliphatic rings. The Kier molecular flexibility index (Phi) is 5.42. The molecule has 1 N–H and O–H groups in total. The lowest BCUT2D eigenvalue weighted by molar-refractivity contribution is 0.495. The maximum Gasteiger partial charge on any atom is 0.0835 e. The van der Waals surface area contributed by atoms with Gasteiger partial charge in [0.2, 0.25) is 0 Å². The molecule has 0 saturated carbocycles. The molecule has 1 rings (SSSR count). The van der Waals surface area contributed by atoms with Crippen LogP contribution in [0.2, 0.25) is 10.0 Å². The summed E-state index contributed by atoms with van der Waals surface area (Å²) in [4.78, 5) is 0. The zero-order chi connectivity index (χ0) is 12.3. The van der Waals surface area contributed by atoms with Crippen LogP contribution in [0.3, 0.4) is 0 Å². The van der Waals surface area contributed by atoms with E-state index in [1.54, 1.807) is 0 Å². The summed E-state index contributed by atoms with van der Waals surface area (Å²) in [6.45, 7) is 6.55. The van der Waals surface area contributed by atoms with E-state index in [9.17, 15) is 0 Å². The van der Waals surface area contributed by atoms with Gasteiger partial charge in [-0.05, 0) is 40.9 Å². The molecule has 2 unspecified atom stereocenters. The second-order valence-electron chi connectivity index (χ2n) is 4.04. The van der Waals surface area contributed by atoms with Gasteiger partial charge < -0.3 is 5.32 Å². The summed E-state index contributed by atoms with van der Waals surface area (Å²) in [5, 5.41) is 4.53. The molecular weight excluding hydrogens is 309 g/mol. The Morgan fingerprint density at radius 2 is 1.88 bits per heavy atom. The number of hydrogen-bond donors (Lipinski definition) is 1. The first-order chi connectivity index (χ1) is 7.47. The minimum atomic E-state index is 0.375. The van der Waals surface area contributed by atoms with Crippen molar-refractivity contribution in [3.05, 3.63) is 26.7 Å². The zero-order valence-corrected chi connectivity index (χ0v) is 12.7. The molecule has 1 aromatic carbocycles. The van der Waals surface area contributed by atoms with Crippen molar-refractivity contribution >= 4 is 44.8 Å². The Morgan fingerprint density at radius 3 is 2.44 bits per heavy atom. The van der Waals surface area contributed by atoms with E-state index < -0.39 is 0 Å². The minimum absolute atomic E-state index is 0.375. The molecule has 0 spiro atoms. The highest BCUT2D eigenvalue weighted by Gasteiger charge is 2.13. The second kappa shape index (κ2) is 6.13. The molecule has 4 heteroatoms. The van der Waals surface area contributed by atoms with Gasteiger partial charge in [0, 0.05) is 10.5 Å². The van der Waals surface area contributed by atoms with Gasteiger partial charge in [-0.2, -0.15) is 0 Å². The molecule has 0 aliphatic carbocycles. The normalized spacial score (nSPS) is 14.6. The average molecular weight is 325 g/mol. The Bertz CT molecular complexity index is 368. The predicted molar refractivity (Wildman–Crippen MR) is 76.7 cm³/mol. The maximum absolute atomic E-state index is 6.17. The van der Waals surface area contributed by atoms with E-state index in [4.69, 9.17) is 23.2 Å². The van der Waals surface area contributed by atoms with Crippen LogP contribution in [0.15, 0.2) is 16.6 Å². The fraction of sp³-hybridized carbons (Fsp3) is 0.500. The molecule has 1 aromatic rings. The van der Waals surface area contributed by atoms with Crippen LogP contribution in [0.4, 0.5) is 5.69 Å². The van der Waals surface area contributed by atoms with Gasteiger partial charge in [0.05, 0.1) is 15.7 Å². The van der Waals surface area contributed by atoms with Gasteiger partial charge in [-0.3, -0.25) is 0 Å². The van der Waals surface area contributed by atoms with E-state index in [1.807, 2.05) is 12.1 Å². The van der Waals surface area contributed by atoms with E-state index in [-0.39, 0.29) is 0 Å². The van der Waals surface area contributed by atoms with Gasteiger partial charge >= 0.3 is 0 Å². The van der Waals surface area contributed by atoms with Crippen LogP contribution in [0, 0.1) is 5.92 Å². The van der Waals surface area contributed by atoms with Gasteiger partial charge in [-0.15, -0.1) is 0 Å². The first-order valence-electron chi connectivity index (χ1n) is 5.37. The first-order valence-corrected chi connectivity index (χ1v) is 6.92. The zero-order valence-electron chi connectivity index (χ0n) is 9.65. The van der Waals surface area contributed by atoms with Gasteiger partial charge in [0.25, 0.3) is 0 Å². The Hall–Kier alpha value is 0.0800. The van der Waals surface area contributed by atoms with Crippen LogP contribution < -0.4 is 5.32 Å². The Morgan fingerprint density at radius 1 is 1.25 bits per heavy atom. The van der Waals surface area contributed by atoms with Crippen molar-refractivity contribution in [2.75, 3.05) is 5.32 Å². The van der Waals surface area contributed by atoms with Crippen LogP contribution in [0.25, 0.3) is 0 Å². The van der Waals surface area contributed by atoms with E-state index >= 15 is 0 Å². The average Bonchev–Trinajstić information content (AvgIpc) is 2.28. The van der Waals surface area contributed by atoms with E-state index in [0.717, 1.165) is 16.6 Å². The highest BCUT2D eigenvalue weighted by Crippen LogP contribution is 2.36. The lowest BCUT2D eigenvalue weighted by Gasteiger charge is -2.22. The number of halogens is 3. The summed E-state index contributed by atoms with van der Waals surface area (Å²) in [6.07, 6.45) is 1.13. The lowest BCUT2D eigenvalue weighted by Crippen LogP contribution is -2.23. The molecule has 0 saturated heterocycles. The number of benzene rings is 1. The third-order valence-electron chi connectivity index (χ3n) is 2.92. The van der Waals surface area contributed by atoms with E-state index in [2.05, 4.69) is 42.0 Å². The molecule has 0 aliphatic heterocycles. The van der Waals surface area contributed by atoms with Crippen molar-refractivity contribution in [3.8, 4) is 0 Å². The molecule has 0 bridgehead atoms. The molecular formula is C12H16BrCl2N. The van der Waals surface area contributed by atoms with Crippen molar-refractivity contribution in [2.24, 2.45) is 5.92 Å². The molecule has 0 aromatic heterocycles. The number of anilines is 1. The molecule has 1 nitrogen and oxygen atoms in total. The minimum Gasteiger partial charge on any atom is -0.381 e. The highest BCUT2D eigenvalue weighted by atomic mass is 79.9. The standard InChI is InChI=1S/C12H16BrCl2N/c1-4-7(2)8(3)16-10-6-5-9(13)11(14)12(10)15/h5-8,16H,4H2,1-3H3. The smallest absolute Gasteiger partial charge is 0.0835 e. The van der Waals surface area contributed by atoms with Crippen LogP contribution in [-0.2, 0) is 0 Å². The van der Waals surface area contributed by atoms with Crippen LogP contribution >= 0.6 is 39.1 Å². The first kappa shape index (κ1) is 14.1. The third kappa shape index (κ3) is 3.28. The molecule has 0 amide bonds. The topological polar surface area (TPSA) is 12.0 Å². The molecule has 0 radical (unpaired) electrons. The van der Waals surface area contributed by atoms with Gasteiger partial charge in [-0.1, -0.05) is 43.5 Å². The Labute approximate surface area is 116 Å². The molecule has 2 atom stereocenters. The third-order valence-corrected chi connectivity index (χ3v) is 4.69. The van der Waals surface area contributed by atoms with E-state index in [0.29, 0.717) is 22.0 Å². The van der Waals surface area contributed by atoms with Crippen LogP contribution in [0.5, 0.6) is 0 Å². The molecule has 0 fully saturated rings. The highest BCUT2D eigenvalue weighted by molar-refractivity contribution is 9.10. The molecule has 90 valence electrons. The largest absolute Gasteiger partial charge is 0.381 e. The quantitative estimate of drug-likeness (QED) is 0.710. The summed E-state index contributed by atoms with van der Waals surface area (Å²) in [6, 6.07) is 4.22. The second-order valence-corrected chi connectivity index (χ2v) is 5.65. The summed E-state index contributed by atoms with van der Waals surface area (Å²) >= 11 is 15.6. The van der Waals surface area contributed by atoms with Crippen LogP contribution in [-0.4, -0.2) is 6.04 Å². The SMILES string of the molecule is CCC(C)C(C)Nc1ccc(Br)c(Cl)c1Cl. The van der Waals surface area contributed by atoms with E-state index in [1.165, 1.54) is 0 Å². The fourth-order valence-electron chi connectivity index (χ4n) is 1.38. The van der Waals surface area contributed by atoms with Gasteiger partial charge in [0.15, 0.2) is 0 Å². The summed E-state index contributed by atoms with van der Waals surface area (Å²) in [5.41, 5.74) is 0.891. The van der Waals surface area contributed by atoms with Gasteiger partial charge in [-0.25, -0.2) is 0 Å². The summed E-state index contributed by atoms with van der Waals surface area (Å²) in [7, 11) is 0. The van der Waals surface area contributed by atoms with Crippen molar-refractivity contribution in [3.63, 3.8) is 0 Å². The van der Waals surface area contributed by atoms with Crippen molar-refractivity contribution in [2.45, 2.75) is 33.2 Å².